The lowest BCUT2D eigenvalue weighted by Gasteiger charge is -2.07. The summed E-state index contributed by atoms with van der Waals surface area (Å²) < 4.78 is 7.57. The number of hydrogen-bond acceptors (Lipinski definition) is 5. The third-order valence-electron chi connectivity index (χ3n) is 4.39. The fourth-order valence-corrected chi connectivity index (χ4v) is 2.97. The maximum absolute atomic E-state index is 5.50. The Morgan fingerprint density at radius 3 is 2.84 bits per heavy atom. The first kappa shape index (κ1) is 14.2. The van der Waals surface area contributed by atoms with Gasteiger partial charge in [-0.2, -0.15) is 0 Å². The number of anilines is 1. The van der Waals surface area contributed by atoms with Gasteiger partial charge in [-0.3, -0.25) is 4.40 Å². The van der Waals surface area contributed by atoms with E-state index >= 15 is 0 Å². The summed E-state index contributed by atoms with van der Waals surface area (Å²) in [6, 6.07) is 13.0. The highest BCUT2D eigenvalue weighted by Crippen LogP contribution is 2.29. The molecule has 3 heterocycles. The Balaban J connectivity index is 1.54. The molecule has 0 atom stereocenters. The summed E-state index contributed by atoms with van der Waals surface area (Å²) in [7, 11) is 0. The van der Waals surface area contributed by atoms with Crippen molar-refractivity contribution in [2.24, 2.45) is 0 Å². The van der Waals surface area contributed by atoms with Crippen LogP contribution in [0.25, 0.3) is 28.4 Å². The van der Waals surface area contributed by atoms with Crippen molar-refractivity contribution in [1.29, 1.82) is 0 Å². The van der Waals surface area contributed by atoms with Crippen LogP contribution >= 0.6 is 0 Å². The van der Waals surface area contributed by atoms with E-state index in [4.69, 9.17) is 4.42 Å². The molecule has 1 saturated carbocycles. The maximum atomic E-state index is 5.50. The molecule has 1 fully saturated rings. The van der Waals surface area contributed by atoms with E-state index < -0.39 is 0 Å². The number of fused-ring (bicyclic) bond motifs is 1. The zero-order valence-corrected chi connectivity index (χ0v) is 13.8. The van der Waals surface area contributed by atoms with Gasteiger partial charge in [-0.25, -0.2) is 4.98 Å². The first-order valence-electron chi connectivity index (χ1n) is 8.41. The number of hydrogen-bond donors (Lipinski definition) is 1. The summed E-state index contributed by atoms with van der Waals surface area (Å²) in [6.45, 7) is 1.78. The molecule has 5 rings (SSSR count). The van der Waals surface area contributed by atoms with Gasteiger partial charge in [-0.1, -0.05) is 12.1 Å². The van der Waals surface area contributed by atoms with Gasteiger partial charge in [-0.05, 0) is 37.1 Å². The van der Waals surface area contributed by atoms with Crippen LogP contribution in [0.2, 0.25) is 0 Å². The van der Waals surface area contributed by atoms with Crippen molar-refractivity contribution in [2.75, 3.05) is 5.32 Å². The number of rotatable bonds is 4. The molecule has 0 unspecified atom stereocenters. The third-order valence-corrected chi connectivity index (χ3v) is 4.39. The number of pyridine rings is 1. The van der Waals surface area contributed by atoms with Gasteiger partial charge in [-0.15, -0.1) is 10.2 Å². The summed E-state index contributed by atoms with van der Waals surface area (Å²) in [5, 5.41) is 11.5. The van der Waals surface area contributed by atoms with Crippen LogP contribution in [-0.2, 0) is 0 Å². The smallest absolute Gasteiger partial charge is 0.247 e. The second-order valence-electron chi connectivity index (χ2n) is 6.41. The molecular formula is C19H17N5O. The zero-order valence-electron chi connectivity index (χ0n) is 13.8. The summed E-state index contributed by atoms with van der Waals surface area (Å²) >= 11 is 0. The molecule has 1 aliphatic rings. The monoisotopic (exact) mass is 331 g/mol. The highest BCUT2D eigenvalue weighted by molar-refractivity contribution is 5.70. The summed E-state index contributed by atoms with van der Waals surface area (Å²) in [5.41, 5.74) is 5.08. The molecule has 0 aliphatic heterocycles. The average Bonchev–Trinajstić information content (AvgIpc) is 3.17. The Labute approximate surface area is 144 Å². The average molecular weight is 331 g/mol. The van der Waals surface area contributed by atoms with E-state index in [1.165, 1.54) is 12.8 Å². The lowest BCUT2D eigenvalue weighted by atomic mass is 10.1. The minimum absolute atomic E-state index is 0.514. The molecule has 6 nitrogen and oxygen atoms in total. The van der Waals surface area contributed by atoms with Crippen LogP contribution in [0.1, 0.15) is 18.7 Å². The minimum Gasteiger partial charge on any atom is -0.421 e. The van der Waals surface area contributed by atoms with E-state index in [2.05, 4.69) is 49.2 Å². The minimum atomic E-state index is 0.514. The lowest BCUT2D eigenvalue weighted by molar-refractivity contribution is 0.532. The van der Waals surface area contributed by atoms with Crippen molar-refractivity contribution < 1.29 is 4.42 Å². The highest BCUT2D eigenvalue weighted by Gasteiger charge is 2.20. The molecule has 4 aromatic rings. The normalized spacial score (nSPS) is 14.1. The van der Waals surface area contributed by atoms with Crippen LogP contribution in [0.15, 0.2) is 53.2 Å². The summed E-state index contributed by atoms with van der Waals surface area (Å²) in [5.74, 6) is 1.07. The van der Waals surface area contributed by atoms with E-state index in [0.717, 1.165) is 28.2 Å². The largest absolute Gasteiger partial charge is 0.421 e. The number of aryl methyl sites for hydroxylation is 1. The van der Waals surface area contributed by atoms with Gasteiger partial charge in [0.2, 0.25) is 11.8 Å². The predicted molar refractivity (Wildman–Crippen MR) is 95.3 cm³/mol. The Hall–Kier alpha value is -3.15. The molecule has 0 saturated heterocycles. The first-order valence-corrected chi connectivity index (χ1v) is 8.41. The number of benzene rings is 1. The molecule has 0 amide bonds. The van der Waals surface area contributed by atoms with Gasteiger partial charge in [0.05, 0.1) is 11.9 Å². The third kappa shape index (κ3) is 2.65. The van der Waals surface area contributed by atoms with Crippen molar-refractivity contribution in [3.63, 3.8) is 0 Å². The molecule has 0 bridgehead atoms. The van der Waals surface area contributed by atoms with E-state index in [1.54, 1.807) is 6.92 Å². The molecule has 1 N–H and O–H groups in total. The van der Waals surface area contributed by atoms with E-state index in [0.29, 0.717) is 17.8 Å². The van der Waals surface area contributed by atoms with Crippen molar-refractivity contribution in [1.82, 2.24) is 19.6 Å². The van der Waals surface area contributed by atoms with Crippen molar-refractivity contribution >= 4 is 11.3 Å². The van der Waals surface area contributed by atoms with Gasteiger partial charge < -0.3 is 9.73 Å². The van der Waals surface area contributed by atoms with E-state index in [1.807, 2.05) is 24.5 Å². The Kier molecular flexibility index (Phi) is 3.09. The van der Waals surface area contributed by atoms with Crippen molar-refractivity contribution in [2.45, 2.75) is 25.8 Å². The SMILES string of the molecule is Cc1nnc(-c2ccn3c(-c4cccc(NC5CC5)c4)cnc3c2)o1. The summed E-state index contributed by atoms with van der Waals surface area (Å²) in [6.07, 6.45) is 6.41. The predicted octanol–water partition coefficient (Wildman–Crippen LogP) is 3.93. The molecule has 1 aromatic carbocycles. The first-order chi connectivity index (χ1) is 12.3. The van der Waals surface area contributed by atoms with Gasteiger partial charge in [0, 0.05) is 36.0 Å². The van der Waals surface area contributed by atoms with E-state index in [9.17, 15) is 0 Å². The van der Waals surface area contributed by atoms with Crippen LogP contribution in [-0.4, -0.2) is 25.6 Å². The molecule has 0 radical (unpaired) electrons. The van der Waals surface area contributed by atoms with Gasteiger partial charge in [0.25, 0.3) is 0 Å². The quantitative estimate of drug-likeness (QED) is 0.613. The number of aromatic nitrogens is 4. The fraction of sp³-hybridized carbons (Fsp3) is 0.211. The molecule has 1 aliphatic carbocycles. The topological polar surface area (TPSA) is 68.2 Å². The lowest BCUT2D eigenvalue weighted by Crippen LogP contribution is -2.00. The Morgan fingerprint density at radius 2 is 2.04 bits per heavy atom. The number of nitrogens with zero attached hydrogens (tertiary/aromatic N) is 4. The zero-order chi connectivity index (χ0) is 16.8. The Morgan fingerprint density at radius 1 is 1.12 bits per heavy atom. The molecule has 0 spiro atoms. The van der Waals surface area contributed by atoms with Crippen LogP contribution in [0.5, 0.6) is 0 Å². The second-order valence-corrected chi connectivity index (χ2v) is 6.41. The van der Waals surface area contributed by atoms with Crippen LogP contribution in [0, 0.1) is 6.92 Å². The van der Waals surface area contributed by atoms with Gasteiger partial charge in [0.1, 0.15) is 5.65 Å². The standard InChI is InChI=1S/C19H17N5O/c1-12-22-23-19(25-12)14-7-8-24-17(11-20-18(24)10-14)13-3-2-4-16(9-13)21-15-5-6-15/h2-4,7-11,15,21H,5-6H2,1H3. The van der Waals surface area contributed by atoms with Crippen molar-refractivity contribution in [3.05, 3.63) is 54.7 Å². The molecule has 25 heavy (non-hydrogen) atoms. The second kappa shape index (κ2) is 5.44. The van der Waals surface area contributed by atoms with Crippen LogP contribution in [0.3, 0.4) is 0 Å². The van der Waals surface area contributed by atoms with Gasteiger partial charge in [0.15, 0.2) is 0 Å². The maximum Gasteiger partial charge on any atom is 0.247 e. The number of nitrogens with one attached hydrogen (secondary N) is 1. The molecule has 124 valence electrons. The van der Waals surface area contributed by atoms with E-state index in [-0.39, 0.29) is 0 Å². The summed E-state index contributed by atoms with van der Waals surface area (Å²) in [4.78, 5) is 4.54. The highest BCUT2D eigenvalue weighted by atomic mass is 16.4. The fourth-order valence-electron chi connectivity index (χ4n) is 2.97. The molecule has 3 aromatic heterocycles. The van der Waals surface area contributed by atoms with Crippen LogP contribution < -0.4 is 5.32 Å². The molecular weight excluding hydrogens is 314 g/mol. The van der Waals surface area contributed by atoms with Gasteiger partial charge >= 0.3 is 0 Å². The number of imidazole rings is 1. The van der Waals surface area contributed by atoms with Crippen LogP contribution in [0.4, 0.5) is 5.69 Å². The van der Waals surface area contributed by atoms with Crippen molar-refractivity contribution in [3.8, 4) is 22.7 Å². The Bertz CT molecular complexity index is 1060. The molecule has 6 heteroatoms.